The van der Waals surface area contributed by atoms with Crippen molar-refractivity contribution in [3.05, 3.63) is 47.2 Å². The maximum atomic E-state index is 11.4. The summed E-state index contributed by atoms with van der Waals surface area (Å²) in [5.74, 6) is -0.678. The topological polar surface area (TPSA) is 80.9 Å². The number of thiophene rings is 1. The van der Waals surface area contributed by atoms with Crippen LogP contribution in [0.5, 0.6) is 0 Å². The van der Waals surface area contributed by atoms with Crippen molar-refractivity contribution in [1.29, 1.82) is 0 Å². The smallest absolute Gasteiger partial charge is 0.339 e. The van der Waals surface area contributed by atoms with Crippen LogP contribution in [0.1, 0.15) is 15.2 Å². The average molecular weight is 286 g/mol. The van der Waals surface area contributed by atoms with Gasteiger partial charge in [-0.3, -0.25) is 0 Å². The Morgan fingerprint density at radius 1 is 1.30 bits per heavy atom. The number of carboxylic acid groups (broad SMARTS) is 1. The van der Waals surface area contributed by atoms with Crippen LogP contribution in [0.4, 0.5) is 0 Å². The molecule has 100 valence electrons. The third kappa shape index (κ3) is 2.19. The second kappa shape index (κ2) is 4.86. The Morgan fingerprint density at radius 3 is 2.65 bits per heavy atom. The van der Waals surface area contributed by atoms with Crippen molar-refractivity contribution < 1.29 is 9.90 Å². The lowest BCUT2D eigenvalue weighted by atomic mass is 10.2. The minimum absolute atomic E-state index is 0.138. The zero-order chi connectivity index (χ0) is 14.1. The number of carbonyl (C=O) groups is 1. The zero-order valence-electron chi connectivity index (χ0n) is 10.5. The highest BCUT2D eigenvalue weighted by Gasteiger charge is 2.19. The summed E-state index contributed by atoms with van der Waals surface area (Å²) in [6.45, 7) is 1.96. The lowest BCUT2D eigenvalue weighted by Crippen LogP contribution is -2.00. The van der Waals surface area contributed by atoms with E-state index in [1.54, 1.807) is 18.5 Å². The van der Waals surface area contributed by atoms with E-state index in [9.17, 15) is 9.90 Å². The molecule has 6 nitrogen and oxygen atoms in total. The van der Waals surface area contributed by atoms with Crippen LogP contribution in [-0.2, 0) is 0 Å². The Morgan fingerprint density at radius 2 is 2.05 bits per heavy atom. The molecular formula is C13H10N4O2S. The predicted octanol–water partition coefficient (Wildman–Crippen LogP) is 2.40. The highest BCUT2D eigenvalue weighted by molar-refractivity contribution is 7.15. The quantitative estimate of drug-likeness (QED) is 0.799. The van der Waals surface area contributed by atoms with Gasteiger partial charge in [0, 0.05) is 23.5 Å². The lowest BCUT2D eigenvalue weighted by Gasteiger charge is -1.96. The first kappa shape index (κ1) is 12.5. The summed E-state index contributed by atoms with van der Waals surface area (Å²) in [4.78, 5) is 21.4. The molecule has 20 heavy (non-hydrogen) atoms. The van der Waals surface area contributed by atoms with Gasteiger partial charge in [0.05, 0.1) is 4.88 Å². The Balaban J connectivity index is 2.15. The number of aryl methyl sites for hydroxylation is 1. The Labute approximate surface area is 118 Å². The standard InChI is InChI=1S/C13H10N4O2S/c1-8-3-4-10(20-8)11-9(12(18)19)7-17(16-11)13-14-5-2-6-15-13/h2-7H,1H3,(H,18,19). The minimum atomic E-state index is -1.02. The average Bonchev–Trinajstić information content (AvgIpc) is 3.05. The summed E-state index contributed by atoms with van der Waals surface area (Å²) in [5.41, 5.74) is 0.572. The minimum Gasteiger partial charge on any atom is -0.478 e. The fraction of sp³-hybridized carbons (Fsp3) is 0.0769. The second-order valence-corrected chi connectivity index (χ2v) is 5.39. The highest BCUT2D eigenvalue weighted by atomic mass is 32.1. The molecule has 0 aliphatic rings. The van der Waals surface area contributed by atoms with Crippen LogP contribution in [0.25, 0.3) is 16.5 Å². The lowest BCUT2D eigenvalue weighted by molar-refractivity contribution is 0.0697. The molecule has 0 aromatic carbocycles. The molecule has 3 heterocycles. The first-order valence-corrected chi connectivity index (χ1v) is 6.64. The molecule has 0 saturated carbocycles. The van der Waals surface area contributed by atoms with Crippen molar-refractivity contribution in [2.24, 2.45) is 0 Å². The van der Waals surface area contributed by atoms with Gasteiger partial charge in [-0.25, -0.2) is 19.4 Å². The summed E-state index contributed by atoms with van der Waals surface area (Å²) in [6.07, 6.45) is 4.60. The summed E-state index contributed by atoms with van der Waals surface area (Å²) in [6, 6.07) is 5.49. The van der Waals surface area contributed by atoms with Crippen molar-refractivity contribution in [2.45, 2.75) is 6.92 Å². The van der Waals surface area contributed by atoms with Gasteiger partial charge in [0.2, 0.25) is 5.95 Å². The van der Waals surface area contributed by atoms with Crippen LogP contribution in [0.2, 0.25) is 0 Å². The van der Waals surface area contributed by atoms with Crippen molar-refractivity contribution >= 4 is 17.3 Å². The van der Waals surface area contributed by atoms with Gasteiger partial charge in [-0.1, -0.05) is 0 Å². The largest absolute Gasteiger partial charge is 0.478 e. The first-order valence-electron chi connectivity index (χ1n) is 5.82. The van der Waals surface area contributed by atoms with Gasteiger partial charge in [0.15, 0.2) is 0 Å². The molecule has 0 bridgehead atoms. The normalized spacial score (nSPS) is 10.7. The molecule has 3 aromatic heterocycles. The molecule has 7 heteroatoms. The van der Waals surface area contributed by atoms with E-state index in [4.69, 9.17) is 0 Å². The van der Waals surface area contributed by atoms with E-state index in [2.05, 4.69) is 15.1 Å². The van der Waals surface area contributed by atoms with E-state index >= 15 is 0 Å². The second-order valence-electron chi connectivity index (χ2n) is 4.10. The van der Waals surface area contributed by atoms with Gasteiger partial charge in [0.25, 0.3) is 0 Å². The molecule has 0 amide bonds. The van der Waals surface area contributed by atoms with E-state index in [0.29, 0.717) is 11.6 Å². The fourth-order valence-corrected chi connectivity index (χ4v) is 2.65. The zero-order valence-corrected chi connectivity index (χ0v) is 11.3. The summed E-state index contributed by atoms with van der Waals surface area (Å²) >= 11 is 1.50. The van der Waals surface area contributed by atoms with E-state index < -0.39 is 5.97 Å². The van der Waals surface area contributed by atoms with Gasteiger partial charge >= 0.3 is 5.97 Å². The number of rotatable bonds is 3. The molecule has 1 N–H and O–H groups in total. The molecule has 0 aliphatic carbocycles. The summed E-state index contributed by atoms with van der Waals surface area (Å²) in [5, 5.41) is 13.6. The van der Waals surface area contributed by atoms with E-state index in [0.717, 1.165) is 9.75 Å². The van der Waals surface area contributed by atoms with Crippen LogP contribution in [0.15, 0.2) is 36.8 Å². The summed E-state index contributed by atoms with van der Waals surface area (Å²) in [7, 11) is 0. The van der Waals surface area contributed by atoms with E-state index in [1.165, 1.54) is 22.2 Å². The molecule has 0 unspecified atom stereocenters. The Kier molecular flexibility index (Phi) is 3.03. The SMILES string of the molecule is Cc1ccc(-c2nn(-c3ncccn3)cc2C(=O)O)s1. The van der Waals surface area contributed by atoms with Gasteiger partial charge in [0.1, 0.15) is 11.3 Å². The number of hydrogen-bond acceptors (Lipinski definition) is 5. The highest BCUT2D eigenvalue weighted by Crippen LogP contribution is 2.29. The molecule has 0 radical (unpaired) electrons. The third-order valence-corrected chi connectivity index (χ3v) is 3.68. The maximum absolute atomic E-state index is 11.4. The molecule has 0 spiro atoms. The molecule has 0 saturated heterocycles. The molecule has 0 aliphatic heterocycles. The monoisotopic (exact) mass is 286 g/mol. The third-order valence-electron chi connectivity index (χ3n) is 2.68. The van der Waals surface area contributed by atoms with Crippen LogP contribution >= 0.6 is 11.3 Å². The van der Waals surface area contributed by atoms with Crippen molar-refractivity contribution in [2.75, 3.05) is 0 Å². The molecule has 3 aromatic rings. The van der Waals surface area contributed by atoms with Gasteiger partial charge < -0.3 is 5.11 Å². The molecular weight excluding hydrogens is 276 g/mol. The van der Waals surface area contributed by atoms with Crippen molar-refractivity contribution in [1.82, 2.24) is 19.7 Å². The van der Waals surface area contributed by atoms with Gasteiger partial charge in [-0.15, -0.1) is 11.3 Å². The van der Waals surface area contributed by atoms with Crippen molar-refractivity contribution in [3.8, 4) is 16.5 Å². The molecule has 0 atom stereocenters. The fourth-order valence-electron chi connectivity index (χ4n) is 1.79. The number of nitrogens with zero attached hydrogens (tertiary/aromatic N) is 4. The maximum Gasteiger partial charge on any atom is 0.339 e. The summed E-state index contributed by atoms with van der Waals surface area (Å²) < 4.78 is 1.38. The van der Waals surface area contributed by atoms with E-state index in [-0.39, 0.29) is 5.56 Å². The first-order chi connectivity index (χ1) is 9.65. The molecule has 3 rings (SSSR count). The van der Waals surface area contributed by atoms with Crippen LogP contribution in [0, 0.1) is 6.92 Å². The predicted molar refractivity (Wildman–Crippen MR) is 74.2 cm³/mol. The number of aromatic carboxylic acids is 1. The molecule has 0 fully saturated rings. The Bertz CT molecular complexity index is 764. The van der Waals surface area contributed by atoms with Crippen LogP contribution in [-0.4, -0.2) is 30.8 Å². The van der Waals surface area contributed by atoms with Crippen molar-refractivity contribution in [3.63, 3.8) is 0 Å². The number of hydrogen-bond donors (Lipinski definition) is 1. The number of aromatic nitrogens is 4. The van der Waals surface area contributed by atoms with E-state index in [1.807, 2.05) is 19.1 Å². The van der Waals surface area contributed by atoms with Gasteiger partial charge in [-0.05, 0) is 25.1 Å². The number of carboxylic acids is 1. The van der Waals surface area contributed by atoms with Crippen LogP contribution in [0.3, 0.4) is 0 Å². The van der Waals surface area contributed by atoms with Gasteiger partial charge in [-0.2, -0.15) is 5.10 Å². The Hall–Kier alpha value is -2.54. The van der Waals surface area contributed by atoms with Crippen LogP contribution < -0.4 is 0 Å².